The summed E-state index contributed by atoms with van der Waals surface area (Å²) in [5, 5.41) is 1.87. The number of rotatable bonds is 8. The Morgan fingerprint density at radius 2 is 2.11 bits per heavy atom. The van der Waals surface area contributed by atoms with Gasteiger partial charge < -0.3 is 15.5 Å². The summed E-state index contributed by atoms with van der Waals surface area (Å²) in [6.45, 7) is 2.88. The first kappa shape index (κ1) is 27.1. The Morgan fingerprint density at radius 3 is 2.79 bits per heavy atom. The van der Waals surface area contributed by atoms with Crippen molar-refractivity contribution in [1.82, 2.24) is 19.2 Å². The van der Waals surface area contributed by atoms with Crippen LogP contribution in [0.4, 0.5) is 14.5 Å². The van der Waals surface area contributed by atoms with Crippen LogP contribution in [0.25, 0.3) is 0 Å². The summed E-state index contributed by atoms with van der Waals surface area (Å²) in [5.74, 6) is -2.11. The number of likely N-dealkylation sites (tertiary alicyclic amines) is 1. The van der Waals surface area contributed by atoms with Crippen LogP contribution >= 0.6 is 0 Å². The molecule has 0 bridgehead atoms. The zero-order valence-corrected chi connectivity index (χ0v) is 21.5. The summed E-state index contributed by atoms with van der Waals surface area (Å²) in [4.78, 5) is 26.3. The summed E-state index contributed by atoms with van der Waals surface area (Å²) in [6.07, 6.45) is 4.15. The van der Waals surface area contributed by atoms with Gasteiger partial charge in [0.05, 0.1) is 23.2 Å². The number of oxazole rings is 1. The number of sulfonamides is 1. The maximum atomic E-state index is 14.6. The Morgan fingerprint density at radius 1 is 1.32 bits per heavy atom. The van der Waals surface area contributed by atoms with E-state index in [0.717, 1.165) is 22.6 Å². The quantitative estimate of drug-likeness (QED) is 0.323. The third-order valence-electron chi connectivity index (χ3n) is 6.21. The Labute approximate surface area is 218 Å². The maximum Gasteiger partial charge on any atom is 0.274 e. The Bertz CT molecular complexity index is 1420. The Balaban J connectivity index is 1.44. The van der Waals surface area contributed by atoms with Gasteiger partial charge in [0.15, 0.2) is 6.39 Å². The lowest BCUT2D eigenvalue weighted by molar-refractivity contribution is 0.102. The molecule has 1 aliphatic rings. The van der Waals surface area contributed by atoms with E-state index >= 15 is 0 Å². The molecule has 1 amide bonds. The fourth-order valence-electron chi connectivity index (χ4n) is 4.08. The van der Waals surface area contributed by atoms with Crippen LogP contribution in [0.3, 0.4) is 0 Å². The van der Waals surface area contributed by atoms with E-state index in [1.54, 1.807) is 6.92 Å². The second-order valence-corrected chi connectivity index (χ2v) is 11.1. The lowest BCUT2D eigenvalue weighted by atomic mass is 10.1. The molecule has 1 saturated heterocycles. The number of hydrogen-bond acceptors (Lipinski definition) is 8. The summed E-state index contributed by atoms with van der Waals surface area (Å²) in [6, 6.07) is 5.31. The Hall–Kier alpha value is -3.91. The molecule has 3 aromatic rings. The van der Waals surface area contributed by atoms with Crippen molar-refractivity contribution in [3.05, 3.63) is 77.8 Å². The van der Waals surface area contributed by atoms with Crippen LogP contribution in [0.1, 0.15) is 41.1 Å². The number of pyridine rings is 1. The SMILES string of the molecule is C[C@@H](N=C(N)N(C)S(=O)(=O)[C@H]1CCN(Cc2cocn2)C1)c1cc(NC(=O)c2ccc(F)cn2)ccc1F. The topological polar surface area (TPSA) is 147 Å². The molecule has 4 rings (SSSR count). The van der Waals surface area contributed by atoms with E-state index in [4.69, 9.17) is 10.2 Å². The molecule has 38 heavy (non-hydrogen) atoms. The third-order valence-corrected chi connectivity index (χ3v) is 8.39. The molecule has 202 valence electrons. The lowest BCUT2D eigenvalue weighted by Gasteiger charge is -2.23. The number of benzene rings is 1. The molecule has 0 spiro atoms. The highest BCUT2D eigenvalue weighted by atomic mass is 32.2. The molecule has 1 aromatic carbocycles. The van der Waals surface area contributed by atoms with Gasteiger partial charge in [-0.25, -0.2) is 36.5 Å². The van der Waals surface area contributed by atoms with Crippen molar-refractivity contribution in [1.29, 1.82) is 0 Å². The molecule has 0 unspecified atom stereocenters. The number of halogens is 2. The number of nitrogens with one attached hydrogen (secondary N) is 1. The number of anilines is 1. The van der Waals surface area contributed by atoms with E-state index in [9.17, 15) is 22.0 Å². The number of nitrogens with zero attached hydrogens (tertiary/aromatic N) is 5. The predicted molar refractivity (Wildman–Crippen MR) is 135 cm³/mol. The van der Waals surface area contributed by atoms with Crippen molar-refractivity contribution in [2.24, 2.45) is 10.7 Å². The molecule has 1 fully saturated rings. The summed E-state index contributed by atoms with van der Waals surface area (Å²) < 4.78 is 60.0. The van der Waals surface area contributed by atoms with Gasteiger partial charge in [-0.15, -0.1) is 0 Å². The molecule has 2 atom stereocenters. The summed E-state index contributed by atoms with van der Waals surface area (Å²) in [7, 11) is -2.53. The van der Waals surface area contributed by atoms with E-state index < -0.39 is 38.9 Å². The van der Waals surface area contributed by atoms with Crippen molar-refractivity contribution < 1.29 is 26.4 Å². The highest BCUT2D eigenvalue weighted by molar-refractivity contribution is 7.90. The van der Waals surface area contributed by atoms with Crippen molar-refractivity contribution in [2.75, 3.05) is 25.5 Å². The van der Waals surface area contributed by atoms with Gasteiger partial charge >= 0.3 is 0 Å². The minimum absolute atomic E-state index is 0.0223. The van der Waals surface area contributed by atoms with Gasteiger partial charge in [-0.1, -0.05) is 0 Å². The molecule has 2 aromatic heterocycles. The molecule has 3 N–H and O–H groups in total. The van der Waals surface area contributed by atoms with Gasteiger partial charge in [0.1, 0.15) is 23.6 Å². The second kappa shape index (κ2) is 11.2. The monoisotopic (exact) mass is 547 g/mol. The number of carbonyl (C=O) groups excluding carboxylic acids is 1. The van der Waals surface area contributed by atoms with Crippen LogP contribution in [0.2, 0.25) is 0 Å². The number of amides is 1. The highest BCUT2D eigenvalue weighted by Gasteiger charge is 2.37. The van der Waals surface area contributed by atoms with Crippen LogP contribution < -0.4 is 11.1 Å². The van der Waals surface area contributed by atoms with Crippen LogP contribution in [-0.2, 0) is 16.6 Å². The smallest absolute Gasteiger partial charge is 0.274 e. The van der Waals surface area contributed by atoms with Crippen LogP contribution in [-0.4, -0.2) is 64.8 Å². The van der Waals surface area contributed by atoms with Gasteiger partial charge in [0.25, 0.3) is 5.91 Å². The second-order valence-electron chi connectivity index (χ2n) is 8.85. The number of carbonyl (C=O) groups is 1. The molecule has 1 aliphatic heterocycles. The number of hydrogen-bond donors (Lipinski definition) is 2. The minimum Gasteiger partial charge on any atom is -0.451 e. The number of aliphatic imine (C=N–C) groups is 1. The summed E-state index contributed by atoms with van der Waals surface area (Å²) >= 11 is 0. The van der Waals surface area contributed by atoms with E-state index in [2.05, 4.69) is 20.3 Å². The molecule has 0 radical (unpaired) electrons. The van der Waals surface area contributed by atoms with Gasteiger partial charge in [-0.2, -0.15) is 0 Å². The standard InChI is InChI=1S/C24H27F2N7O4S/c1-15(20-9-17(4-5-21(20)26)31-23(34)22-6-3-16(25)10-28-22)30-24(27)32(2)38(35,36)19-7-8-33(12-19)11-18-13-37-14-29-18/h3-6,9-10,13-15,19H,7-8,11-12H2,1-2H3,(H2,27,30)(H,31,34)/t15-,19+/m1/s1. The van der Waals surface area contributed by atoms with Crippen molar-refractivity contribution in [3.63, 3.8) is 0 Å². The zero-order chi connectivity index (χ0) is 27.4. The highest BCUT2D eigenvalue weighted by Crippen LogP contribution is 2.26. The van der Waals surface area contributed by atoms with Crippen LogP contribution in [0.15, 0.2) is 58.6 Å². The number of nitrogens with two attached hydrogens (primary N) is 1. The first-order valence-corrected chi connectivity index (χ1v) is 13.2. The van der Waals surface area contributed by atoms with E-state index in [0.29, 0.717) is 31.7 Å². The number of aromatic nitrogens is 2. The van der Waals surface area contributed by atoms with Gasteiger partial charge in [0.2, 0.25) is 16.0 Å². The maximum absolute atomic E-state index is 14.6. The van der Waals surface area contributed by atoms with Gasteiger partial charge in [-0.3, -0.25) is 9.69 Å². The lowest BCUT2D eigenvalue weighted by Crippen LogP contribution is -2.44. The van der Waals surface area contributed by atoms with Crippen molar-refractivity contribution in [2.45, 2.75) is 31.2 Å². The molecule has 11 nitrogen and oxygen atoms in total. The third kappa shape index (κ3) is 6.14. The molecular weight excluding hydrogens is 520 g/mol. The van der Waals surface area contributed by atoms with Crippen LogP contribution in [0, 0.1) is 11.6 Å². The first-order chi connectivity index (χ1) is 18.0. The Kier molecular flexibility index (Phi) is 8.02. The fraction of sp³-hybridized carbons (Fsp3) is 0.333. The van der Waals surface area contributed by atoms with Gasteiger partial charge in [0, 0.05) is 31.4 Å². The average molecular weight is 548 g/mol. The van der Waals surface area contributed by atoms with E-state index in [-0.39, 0.29) is 22.9 Å². The van der Waals surface area contributed by atoms with Crippen molar-refractivity contribution in [3.8, 4) is 0 Å². The largest absolute Gasteiger partial charge is 0.451 e. The fourth-order valence-corrected chi connectivity index (χ4v) is 5.64. The molecule has 0 saturated carbocycles. The minimum atomic E-state index is -3.84. The predicted octanol–water partition coefficient (Wildman–Crippen LogP) is 2.51. The van der Waals surface area contributed by atoms with Crippen LogP contribution in [0.5, 0.6) is 0 Å². The normalized spacial score (nSPS) is 17.4. The molecule has 3 heterocycles. The first-order valence-electron chi connectivity index (χ1n) is 11.7. The molecule has 14 heteroatoms. The zero-order valence-electron chi connectivity index (χ0n) is 20.7. The van der Waals surface area contributed by atoms with Gasteiger partial charge in [-0.05, 0) is 50.2 Å². The molecule has 0 aliphatic carbocycles. The van der Waals surface area contributed by atoms with E-state index in [1.807, 2.05) is 4.90 Å². The average Bonchev–Trinajstić information content (AvgIpc) is 3.58. The number of guanidine groups is 1. The van der Waals surface area contributed by atoms with E-state index in [1.165, 1.54) is 37.9 Å². The van der Waals surface area contributed by atoms with Crippen molar-refractivity contribution >= 4 is 27.6 Å². The summed E-state index contributed by atoms with van der Waals surface area (Å²) in [5.41, 5.74) is 7.06. The molecular formula is C24H27F2N7O4S.